The Kier molecular flexibility index (Phi) is 5.33. The van der Waals surface area contributed by atoms with Gasteiger partial charge in [-0.3, -0.25) is 0 Å². The van der Waals surface area contributed by atoms with E-state index in [0.717, 1.165) is 18.4 Å². The molecule has 0 aliphatic heterocycles. The number of nitrogens with two attached hydrogens (primary N) is 1. The fourth-order valence-electron chi connectivity index (χ4n) is 2.39. The third kappa shape index (κ3) is 4.82. The number of hydrogen-bond donors (Lipinski definition) is 3. The number of nitrogens with one attached hydrogen (secondary N) is 2. The number of hydrogen-bond acceptors (Lipinski definition) is 5. The maximum absolute atomic E-state index is 12.4. The Morgan fingerprint density at radius 3 is 2.15 bits per heavy atom. The van der Waals surface area contributed by atoms with E-state index >= 15 is 0 Å². The summed E-state index contributed by atoms with van der Waals surface area (Å²) in [5.41, 5.74) is 7.21. The van der Waals surface area contributed by atoms with E-state index < -0.39 is 20.0 Å². The first-order valence-corrected chi connectivity index (χ1v) is 11.2. The van der Waals surface area contributed by atoms with Crippen molar-refractivity contribution >= 4 is 25.7 Å². The van der Waals surface area contributed by atoms with Crippen molar-refractivity contribution in [3.05, 3.63) is 54.1 Å². The van der Waals surface area contributed by atoms with Crippen molar-refractivity contribution in [3.8, 4) is 0 Å². The SMILES string of the molecule is Nc1ccc(CCNS(=O)(=O)c2cccc(S(=O)(=O)NC3CC3)c2)cc1. The van der Waals surface area contributed by atoms with Crippen LogP contribution >= 0.6 is 0 Å². The standard InChI is InChI=1S/C17H21N3O4S2/c18-14-6-4-13(5-7-14)10-11-19-25(21,22)16-2-1-3-17(12-16)26(23,24)20-15-8-9-15/h1-7,12,15,19-20H,8-11,18H2. The lowest BCUT2D eigenvalue weighted by Crippen LogP contribution is -2.28. The van der Waals surface area contributed by atoms with Crippen LogP contribution in [-0.2, 0) is 26.5 Å². The molecule has 0 unspecified atom stereocenters. The number of benzene rings is 2. The Balaban J connectivity index is 1.68. The van der Waals surface area contributed by atoms with Gasteiger partial charge in [0.1, 0.15) is 0 Å². The second-order valence-corrected chi connectivity index (χ2v) is 9.74. The topological polar surface area (TPSA) is 118 Å². The van der Waals surface area contributed by atoms with Gasteiger partial charge in [-0.25, -0.2) is 26.3 Å². The van der Waals surface area contributed by atoms with Gasteiger partial charge in [0, 0.05) is 18.3 Å². The molecule has 0 bridgehead atoms. The second kappa shape index (κ2) is 7.36. The van der Waals surface area contributed by atoms with E-state index in [1.54, 1.807) is 12.1 Å². The van der Waals surface area contributed by atoms with Gasteiger partial charge >= 0.3 is 0 Å². The van der Waals surface area contributed by atoms with Gasteiger partial charge in [-0.05, 0) is 55.2 Å². The summed E-state index contributed by atoms with van der Waals surface area (Å²) in [5.74, 6) is 0. The zero-order valence-electron chi connectivity index (χ0n) is 14.1. The Hall–Kier alpha value is -1.94. The van der Waals surface area contributed by atoms with Crippen LogP contribution in [0.4, 0.5) is 5.69 Å². The molecule has 0 atom stereocenters. The summed E-state index contributed by atoms with van der Waals surface area (Å²) < 4.78 is 54.4. The van der Waals surface area contributed by atoms with Crippen molar-refractivity contribution in [1.29, 1.82) is 0 Å². The zero-order valence-corrected chi connectivity index (χ0v) is 15.7. The summed E-state index contributed by atoms with van der Waals surface area (Å²) in [6.45, 7) is 0.198. The average molecular weight is 396 g/mol. The van der Waals surface area contributed by atoms with E-state index in [-0.39, 0.29) is 22.4 Å². The first-order chi connectivity index (χ1) is 12.3. The number of anilines is 1. The summed E-state index contributed by atoms with van der Waals surface area (Å²) >= 11 is 0. The quantitative estimate of drug-likeness (QED) is 0.581. The first kappa shape index (κ1) is 18.8. The molecule has 7 nitrogen and oxygen atoms in total. The first-order valence-electron chi connectivity index (χ1n) is 8.23. The van der Waals surface area contributed by atoms with Gasteiger partial charge in [-0.1, -0.05) is 18.2 Å². The lowest BCUT2D eigenvalue weighted by molar-refractivity contribution is 0.579. The second-order valence-electron chi connectivity index (χ2n) is 6.26. The minimum atomic E-state index is -3.80. The maximum atomic E-state index is 12.4. The minimum absolute atomic E-state index is 0.0432. The van der Waals surface area contributed by atoms with E-state index in [1.165, 1.54) is 24.3 Å². The molecule has 2 aromatic rings. The molecule has 1 fully saturated rings. The molecule has 4 N–H and O–H groups in total. The molecule has 2 aromatic carbocycles. The van der Waals surface area contributed by atoms with E-state index in [1.807, 2.05) is 12.1 Å². The number of sulfonamides is 2. The molecule has 0 spiro atoms. The van der Waals surface area contributed by atoms with Gasteiger partial charge < -0.3 is 5.73 Å². The summed E-state index contributed by atoms with van der Waals surface area (Å²) in [7, 11) is -7.50. The molecule has 0 heterocycles. The van der Waals surface area contributed by atoms with Crippen molar-refractivity contribution < 1.29 is 16.8 Å². The lowest BCUT2D eigenvalue weighted by Gasteiger charge is -2.10. The molecule has 9 heteroatoms. The Morgan fingerprint density at radius 1 is 0.923 bits per heavy atom. The Morgan fingerprint density at radius 2 is 1.54 bits per heavy atom. The summed E-state index contributed by atoms with van der Waals surface area (Å²) in [4.78, 5) is -0.126. The van der Waals surface area contributed by atoms with Crippen LogP contribution in [0.3, 0.4) is 0 Å². The molecule has 26 heavy (non-hydrogen) atoms. The smallest absolute Gasteiger partial charge is 0.240 e. The summed E-state index contributed by atoms with van der Waals surface area (Å²) in [6.07, 6.45) is 2.12. The molecule has 0 saturated heterocycles. The highest BCUT2D eigenvalue weighted by Gasteiger charge is 2.28. The zero-order chi connectivity index (χ0) is 18.8. The van der Waals surface area contributed by atoms with Crippen LogP contribution in [0.5, 0.6) is 0 Å². The van der Waals surface area contributed by atoms with Crippen LogP contribution in [-0.4, -0.2) is 29.4 Å². The molecule has 140 valence electrons. The van der Waals surface area contributed by atoms with Gasteiger partial charge in [0.15, 0.2) is 0 Å². The van der Waals surface area contributed by atoms with Crippen molar-refractivity contribution in [2.45, 2.75) is 35.1 Å². The van der Waals surface area contributed by atoms with Gasteiger partial charge in [-0.15, -0.1) is 0 Å². The van der Waals surface area contributed by atoms with Crippen molar-refractivity contribution in [2.24, 2.45) is 0 Å². The number of nitrogen functional groups attached to an aromatic ring is 1. The van der Waals surface area contributed by atoms with Crippen LogP contribution in [0.15, 0.2) is 58.3 Å². The predicted molar refractivity (Wildman–Crippen MR) is 99.5 cm³/mol. The number of rotatable bonds is 8. The Bertz CT molecular complexity index is 983. The van der Waals surface area contributed by atoms with Crippen LogP contribution in [0, 0.1) is 0 Å². The van der Waals surface area contributed by atoms with E-state index in [9.17, 15) is 16.8 Å². The molecule has 1 aliphatic carbocycles. The molecule has 1 saturated carbocycles. The van der Waals surface area contributed by atoms with Crippen LogP contribution in [0.1, 0.15) is 18.4 Å². The van der Waals surface area contributed by atoms with Gasteiger partial charge in [-0.2, -0.15) is 0 Å². The third-order valence-electron chi connectivity index (χ3n) is 4.01. The van der Waals surface area contributed by atoms with E-state index in [4.69, 9.17) is 5.73 Å². The van der Waals surface area contributed by atoms with Crippen LogP contribution in [0.25, 0.3) is 0 Å². The highest BCUT2D eigenvalue weighted by atomic mass is 32.2. The predicted octanol–water partition coefficient (Wildman–Crippen LogP) is 1.23. The van der Waals surface area contributed by atoms with Crippen LogP contribution < -0.4 is 15.2 Å². The highest BCUT2D eigenvalue weighted by Crippen LogP contribution is 2.23. The molecule has 3 rings (SSSR count). The summed E-state index contributed by atoms with van der Waals surface area (Å²) in [6, 6.07) is 12.5. The molecule has 0 aromatic heterocycles. The lowest BCUT2D eigenvalue weighted by atomic mass is 10.1. The third-order valence-corrected chi connectivity index (χ3v) is 6.99. The largest absolute Gasteiger partial charge is 0.399 e. The molecular formula is C17H21N3O4S2. The van der Waals surface area contributed by atoms with Crippen molar-refractivity contribution in [2.75, 3.05) is 12.3 Å². The Labute approximate surface area is 153 Å². The average Bonchev–Trinajstić information content (AvgIpc) is 3.40. The van der Waals surface area contributed by atoms with Crippen LogP contribution in [0.2, 0.25) is 0 Å². The van der Waals surface area contributed by atoms with Crippen molar-refractivity contribution in [3.63, 3.8) is 0 Å². The molecule has 0 radical (unpaired) electrons. The normalized spacial score (nSPS) is 15.1. The molecule has 0 amide bonds. The monoisotopic (exact) mass is 395 g/mol. The van der Waals surface area contributed by atoms with E-state index in [2.05, 4.69) is 9.44 Å². The molecule has 1 aliphatic rings. The van der Waals surface area contributed by atoms with Gasteiger partial charge in [0.05, 0.1) is 9.79 Å². The fourth-order valence-corrected chi connectivity index (χ4v) is 4.90. The molecular weight excluding hydrogens is 374 g/mol. The maximum Gasteiger partial charge on any atom is 0.240 e. The fraction of sp³-hybridized carbons (Fsp3) is 0.294. The highest BCUT2D eigenvalue weighted by molar-refractivity contribution is 7.90. The minimum Gasteiger partial charge on any atom is -0.399 e. The van der Waals surface area contributed by atoms with Gasteiger partial charge in [0.25, 0.3) is 0 Å². The van der Waals surface area contributed by atoms with Crippen molar-refractivity contribution in [1.82, 2.24) is 9.44 Å². The van der Waals surface area contributed by atoms with Gasteiger partial charge in [0.2, 0.25) is 20.0 Å². The summed E-state index contributed by atoms with van der Waals surface area (Å²) in [5, 5.41) is 0. The van der Waals surface area contributed by atoms with E-state index in [0.29, 0.717) is 12.1 Å².